The molecule has 1 N–H and O–H groups in total. The van der Waals surface area contributed by atoms with Gasteiger partial charge in [-0.1, -0.05) is 20.3 Å². The van der Waals surface area contributed by atoms with E-state index >= 15 is 0 Å². The first-order valence-electron chi connectivity index (χ1n) is 6.39. The molecule has 1 aliphatic rings. The van der Waals surface area contributed by atoms with Crippen molar-refractivity contribution in [3.8, 4) is 0 Å². The van der Waals surface area contributed by atoms with Crippen molar-refractivity contribution < 1.29 is 8.42 Å². The molecule has 16 heavy (non-hydrogen) atoms. The normalized spacial score (nSPS) is 28.6. The maximum atomic E-state index is 11.5. The summed E-state index contributed by atoms with van der Waals surface area (Å²) in [7, 11) is -2.77. The Balaban J connectivity index is 2.36. The Labute approximate surface area is 99.9 Å². The van der Waals surface area contributed by atoms with Crippen molar-refractivity contribution in [1.82, 2.24) is 5.32 Å². The molecule has 0 spiro atoms. The van der Waals surface area contributed by atoms with E-state index in [4.69, 9.17) is 0 Å². The monoisotopic (exact) mass is 247 g/mol. The van der Waals surface area contributed by atoms with Crippen molar-refractivity contribution in [2.24, 2.45) is 5.92 Å². The Kier molecular flexibility index (Phi) is 5.25. The van der Waals surface area contributed by atoms with E-state index in [1.807, 2.05) is 0 Å². The van der Waals surface area contributed by atoms with Crippen LogP contribution in [0, 0.1) is 5.92 Å². The molecule has 1 heterocycles. The summed E-state index contributed by atoms with van der Waals surface area (Å²) in [4.78, 5) is 0. The predicted molar refractivity (Wildman–Crippen MR) is 68.3 cm³/mol. The third-order valence-electron chi connectivity index (χ3n) is 3.44. The molecule has 0 bridgehead atoms. The number of hydrogen-bond donors (Lipinski definition) is 1. The van der Waals surface area contributed by atoms with Crippen LogP contribution in [0.3, 0.4) is 0 Å². The topological polar surface area (TPSA) is 46.2 Å². The van der Waals surface area contributed by atoms with Gasteiger partial charge >= 0.3 is 0 Å². The second-order valence-corrected chi connectivity index (χ2v) is 7.50. The Morgan fingerprint density at radius 3 is 2.62 bits per heavy atom. The molecule has 4 heteroatoms. The van der Waals surface area contributed by atoms with Crippen molar-refractivity contribution >= 4 is 9.84 Å². The highest BCUT2D eigenvalue weighted by molar-refractivity contribution is 7.91. The largest absolute Gasteiger partial charge is 0.310 e. The summed E-state index contributed by atoms with van der Waals surface area (Å²) in [5.41, 5.74) is 0. The molecule has 3 atom stereocenters. The smallest absolute Gasteiger partial charge is 0.151 e. The molecular weight excluding hydrogens is 222 g/mol. The first-order valence-corrected chi connectivity index (χ1v) is 8.21. The van der Waals surface area contributed by atoms with Gasteiger partial charge in [-0.15, -0.1) is 0 Å². The summed E-state index contributed by atoms with van der Waals surface area (Å²) in [6, 6.07) is 0.603. The van der Waals surface area contributed by atoms with Gasteiger partial charge in [-0.05, 0) is 32.1 Å². The van der Waals surface area contributed by atoms with Crippen molar-refractivity contribution in [3.63, 3.8) is 0 Å². The van der Waals surface area contributed by atoms with Crippen LogP contribution in [0.15, 0.2) is 0 Å². The molecule has 3 unspecified atom stereocenters. The molecule has 0 saturated carbocycles. The van der Waals surface area contributed by atoms with Crippen LogP contribution in [0.4, 0.5) is 0 Å². The number of nitrogens with one attached hydrogen (secondary N) is 1. The zero-order chi connectivity index (χ0) is 12.2. The number of sulfone groups is 1. The molecule has 0 amide bonds. The van der Waals surface area contributed by atoms with E-state index in [2.05, 4.69) is 26.1 Å². The van der Waals surface area contributed by atoms with Crippen LogP contribution < -0.4 is 5.32 Å². The number of hydrogen-bond acceptors (Lipinski definition) is 3. The van der Waals surface area contributed by atoms with Crippen molar-refractivity contribution in [2.75, 3.05) is 11.5 Å². The highest BCUT2D eigenvalue weighted by atomic mass is 32.2. The summed E-state index contributed by atoms with van der Waals surface area (Å²) < 4.78 is 23.0. The molecule has 1 rings (SSSR count). The highest BCUT2D eigenvalue weighted by Crippen LogP contribution is 2.15. The van der Waals surface area contributed by atoms with Gasteiger partial charge in [-0.25, -0.2) is 8.42 Å². The highest BCUT2D eigenvalue weighted by Gasteiger charge is 2.25. The third-order valence-corrected chi connectivity index (χ3v) is 5.26. The van der Waals surface area contributed by atoms with Gasteiger partial charge in [-0.2, -0.15) is 0 Å². The molecule has 0 aliphatic carbocycles. The second-order valence-electron chi connectivity index (χ2n) is 5.27. The summed E-state index contributed by atoms with van der Waals surface area (Å²) in [6.45, 7) is 6.60. The molecule has 3 nitrogen and oxygen atoms in total. The van der Waals surface area contributed by atoms with Gasteiger partial charge in [0.2, 0.25) is 0 Å². The zero-order valence-electron chi connectivity index (χ0n) is 10.7. The van der Waals surface area contributed by atoms with E-state index < -0.39 is 9.84 Å². The van der Waals surface area contributed by atoms with Gasteiger partial charge in [-0.3, -0.25) is 0 Å². The lowest BCUT2D eigenvalue weighted by molar-refractivity contribution is 0.367. The average Bonchev–Trinajstić information content (AvgIpc) is 2.15. The lowest BCUT2D eigenvalue weighted by Gasteiger charge is -2.27. The Morgan fingerprint density at radius 1 is 1.38 bits per heavy atom. The van der Waals surface area contributed by atoms with Gasteiger partial charge in [0.15, 0.2) is 9.84 Å². The van der Waals surface area contributed by atoms with E-state index in [1.54, 1.807) is 0 Å². The number of rotatable bonds is 5. The van der Waals surface area contributed by atoms with Crippen LogP contribution in [-0.2, 0) is 9.84 Å². The minimum Gasteiger partial charge on any atom is -0.310 e. The SMILES string of the molecule is CCC(C)CC(C)NC1CCCS(=O)(=O)C1. The van der Waals surface area contributed by atoms with E-state index in [0.29, 0.717) is 23.5 Å². The van der Waals surface area contributed by atoms with Crippen molar-refractivity contribution in [1.29, 1.82) is 0 Å². The molecule has 1 saturated heterocycles. The molecule has 1 fully saturated rings. The molecule has 0 aromatic rings. The van der Waals surface area contributed by atoms with Crippen LogP contribution in [-0.4, -0.2) is 32.0 Å². The predicted octanol–water partition coefficient (Wildman–Crippen LogP) is 1.98. The zero-order valence-corrected chi connectivity index (χ0v) is 11.5. The Hall–Kier alpha value is -0.0900. The fourth-order valence-electron chi connectivity index (χ4n) is 2.39. The maximum absolute atomic E-state index is 11.5. The maximum Gasteiger partial charge on any atom is 0.151 e. The molecule has 0 radical (unpaired) electrons. The summed E-state index contributed by atoms with van der Waals surface area (Å²) >= 11 is 0. The molecule has 0 aromatic carbocycles. The third kappa shape index (κ3) is 4.83. The van der Waals surface area contributed by atoms with E-state index in [0.717, 1.165) is 19.3 Å². The van der Waals surface area contributed by atoms with Gasteiger partial charge in [0.1, 0.15) is 0 Å². The van der Waals surface area contributed by atoms with Crippen molar-refractivity contribution in [2.45, 2.75) is 58.5 Å². The minimum absolute atomic E-state index is 0.179. The summed E-state index contributed by atoms with van der Waals surface area (Å²) in [6.07, 6.45) is 4.14. The van der Waals surface area contributed by atoms with Crippen LogP contribution in [0.2, 0.25) is 0 Å². The van der Waals surface area contributed by atoms with Gasteiger partial charge < -0.3 is 5.32 Å². The molecule has 96 valence electrons. The first-order chi connectivity index (χ1) is 7.43. The lowest BCUT2D eigenvalue weighted by atomic mass is 9.99. The Bertz CT molecular complexity index is 300. The van der Waals surface area contributed by atoms with Crippen LogP contribution in [0.5, 0.6) is 0 Å². The summed E-state index contributed by atoms with van der Waals surface area (Å²) in [5.74, 6) is 1.42. The quantitative estimate of drug-likeness (QED) is 0.808. The first kappa shape index (κ1) is 14.0. The van der Waals surface area contributed by atoms with Crippen LogP contribution in [0.1, 0.15) is 46.5 Å². The van der Waals surface area contributed by atoms with E-state index in [-0.39, 0.29) is 6.04 Å². The van der Waals surface area contributed by atoms with Crippen LogP contribution >= 0.6 is 0 Å². The van der Waals surface area contributed by atoms with Crippen LogP contribution in [0.25, 0.3) is 0 Å². The lowest BCUT2D eigenvalue weighted by Crippen LogP contribution is -2.44. The average molecular weight is 247 g/mol. The van der Waals surface area contributed by atoms with Gasteiger partial charge in [0, 0.05) is 12.1 Å². The van der Waals surface area contributed by atoms with E-state index in [9.17, 15) is 8.42 Å². The molecular formula is C12H25NO2S. The fraction of sp³-hybridized carbons (Fsp3) is 1.00. The molecule has 1 aliphatic heterocycles. The minimum atomic E-state index is -2.77. The van der Waals surface area contributed by atoms with E-state index in [1.165, 1.54) is 6.42 Å². The molecule has 0 aromatic heterocycles. The fourth-order valence-corrected chi connectivity index (χ4v) is 4.04. The standard InChI is InChI=1S/C12H25NO2S/c1-4-10(2)8-11(3)13-12-6-5-7-16(14,15)9-12/h10-13H,4-9H2,1-3H3. The summed E-state index contributed by atoms with van der Waals surface area (Å²) in [5, 5.41) is 3.46. The van der Waals surface area contributed by atoms with Gasteiger partial charge in [0.25, 0.3) is 0 Å². The van der Waals surface area contributed by atoms with Gasteiger partial charge in [0.05, 0.1) is 11.5 Å². The second kappa shape index (κ2) is 6.01. The van der Waals surface area contributed by atoms with Crippen molar-refractivity contribution in [3.05, 3.63) is 0 Å². The Morgan fingerprint density at radius 2 is 2.06 bits per heavy atom.